The zero-order chi connectivity index (χ0) is 27.9. The van der Waals surface area contributed by atoms with Crippen molar-refractivity contribution in [3.63, 3.8) is 0 Å². The number of rotatable bonds is 5. The van der Waals surface area contributed by atoms with Gasteiger partial charge in [-0.15, -0.1) is 0 Å². The fourth-order valence-electron chi connectivity index (χ4n) is 6.12. The number of anilines is 3. The van der Waals surface area contributed by atoms with Gasteiger partial charge in [0, 0.05) is 22.1 Å². The second-order valence-electron chi connectivity index (χ2n) is 10.5. The third-order valence-corrected chi connectivity index (χ3v) is 8.06. The lowest BCUT2D eigenvalue weighted by Gasteiger charge is -2.25. The molecule has 0 amide bonds. The van der Waals surface area contributed by atoms with E-state index in [1.165, 1.54) is 33.0 Å². The smallest absolute Gasteiger partial charge is 0.159 e. The van der Waals surface area contributed by atoms with Gasteiger partial charge in [0.15, 0.2) is 5.58 Å². The largest absolute Gasteiger partial charge is 0.454 e. The molecule has 0 aliphatic carbocycles. The highest BCUT2D eigenvalue weighted by atomic mass is 16.3. The number of hydrogen-bond donors (Lipinski definition) is 0. The first-order valence-electron chi connectivity index (χ1n) is 14.3. The van der Waals surface area contributed by atoms with Crippen LogP contribution in [0.3, 0.4) is 0 Å². The summed E-state index contributed by atoms with van der Waals surface area (Å²) in [5.74, 6) is 0. The normalized spacial score (nSPS) is 11.3. The average Bonchev–Trinajstić information content (AvgIpc) is 3.46. The molecule has 42 heavy (non-hydrogen) atoms. The number of para-hydroxylation sites is 2. The van der Waals surface area contributed by atoms with Crippen LogP contribution < -0.4 is 4.90 Å². The van der Waals surface area contributed by atoms with E-state index in [0.717, 1.165) is 39.0 Å². The Morgan fingerprint density at radius 1 is 0.405 bits per heavy atom. The van der Waals surface area contributed by atoms with Gasteiger partial charge in [0.25, 0.3) is 0 Å². The topological polar surface area (TPSA) is 16.4 Å². The Hall–Kier alpha value is -5.60. The summed E-state index contributed by atoms with van der Waals surface area (Å²) in [6.07, 6.45) is 0. The molecule has 0 unspecified atom stereocenters. The summed E-state index contributed by atoms with van der Waals surface area (Å²) in [7, 11) is 0. The first-order chi connectivity index (χ1) is 20.8. The molecule has 0 aliphatic heterocycles. The maximum absolute atomic E-state index is 6.83. The van der Waals surface area contributed by atoms with Gasteiger partial charge in [0.1, 0.15) is 5.58 Å². The highest BCUT2D eigenvalue weighted by molar-refractivity contribution is 6.23. The molecule has 0 saturated carbocycles. The van der Waals surface area contributed by atoms with Crippen LogP contribution in [-0.2, 0) is 0 Å². The lowest BCUT2D eigenvalue weighted by molar-refractivity contribution is 0.669. The number of hydrogen-bond acceptors (Lipinski definition) is 2. The van der Waals surface area contributed by atoms with Crippen molar-refractivity contribution in [2.24, 2.45) is 0 Å². The minimum absolute atomic E-state index is 0.874. The van der Waals surface area contributed by atoms with E-state index < -0.39 is 0 Å². The Morgan fingerprint density at radius 3 is 1.67 bits per heavy atom. The standard InChI is InChI=1S/C40H27NO/c1-4-13-28(14-5-1)29-23-25-32(26-24-29)41(31-17-8-3-9-18-31)37-22-12-21-35-39-34-20-11-10-19-33(34)36(27-38(39)42-40(35)37)30-15-6-2-7-16-30/h1-27H. The molecule has 0 aliphatic rings. The van der Waals surface area contributed by atoms with Crippen molar-refractivity contribution in [2.45, 2.75) is 0 Å². The first kappa shape index (κ1) is 24.2. The molecule has 2 heteroatoms. The molecule has 0 atom stereocenters. The maximum atomic E-state index is 6.83. The molecule has 8 rings (SSSR count). The summed E-state index contributed by atoms with van der Waals surface area (Å²) in [5, 5.41) is 4.68. The SMILES string of the molecule is c1ccc(-c2ccc(N(c3ccccc3)c3cccc4c3oc3cc(-c5ccccc5)c5ccccc5c34)cc2)cc1. The second-order valence-corrected chi connectivity index (χ2v) is 10.5. The number of fused-ring (bicyclic) bond motifs is 5. The quantitative estimate of drug-likeness (QED) is 0.217. The predicted octanol–water partition coefficient (Wildman–Crippen LogP) is 11.5. The van der Waals surface area contributed by atoms with E-state index in [0.29, 0.717) is 0 Å². The fraction of sp³-hybridized carbons (Fsp3) is 0. The van der Waals surface area contributed by atoms with E-state index in [2.05, 4.69) is 169 Å². The molecule has 198 valence electrons. The Balaban J connectivity index is 1.36. The zero-order valence-corrected chi connectivity index (χ0v) is 22.9. The Morgan fingerprint density at radius 2 is 0.952 bits per heavy atom. The second kappa shape index (κ2) is 10.1. The van der Waals surface area contributed by atoms with Crippen LogP contribution in [0.15, 0.2) is 168 Å². The van der Waals surface area contributed by atoms with Crippen molar-refractivity contribution < 1.29 is 4.42 Å². The van der Waals surface area contributed by atoms with Crippen molar-refractivity contribution >= 4 is 49.8 Å². The molecule has 0 N–H and O–H groups in total. The molecule has 1 aromatic heterocycles. The average molecular weight is 538 g/mol. The number of benzene rings is 7. The van der Waals surface area contributed by atoms with Gasteiger partial charge in [0.05, 0.1) is 5.69 Å². The van der Waals surface area contributed by atoms with Crippen molar-refractivity contribution in [1.82, 2.24) is 0 Å². The van der Waals surface area contributed by atoms with E-state index >= 15 is 0 Å². The molecule has 1 heterocycles. The van der Waals surface area contributed by atoms with Gasteiger partial charge in [-0.25, -0.2) is 0 Å². The molecule has 2 nitrogen and oxygen atoms in total. The molecule has 0 bridgehead atoms. The van der Waals surface area contributed by atoms with E-state index in [4.69, 9.17) is 4.42 Å². The first-order valence-corrected chi connectivity index (χ1v) is 14.3. The van der Waals surface area contributed by atoms with Gasteiger partial charge in [-0.3, -0.25) is 0 Å². The number of nitrogens with zero attached hydrogens (tertiary/aromatic N) is 1. The van der Waals surface area contributed by atoms with Crippen molar-refractivity contribution in [3.8, 4) is 22.3 Å². The minimum Gasteiger partial charge on any atom is -0.454 e. The van der Waals surface area contributed by atoms with Crippen LogP contribution in [0.4, 0.5) is 17.1 Å². The molecule has 0 fully saturated rings. The van der Waals surface area contributed by atoms with E-state index in [1.54, 1.807) is 0 Å². The van der Waals surface area contributed by atoms with Crippen molar-refractivity contribution in [3.05, 3.63) is 164 Å². The Labute approximate surface area is 244 Å². The van der Waals surface area contributed by atoms with Gasteiger partial charge in [-0.2, -0.15) is 0 Å². The van der Waals surface area contributed by atoms with Gasteiger partial charge in [-0.1, -0.05) is 127 Å². The molecule has 0 saturated heterocycles. The summed E-state index contributed by atoms with van der Waals surface area (Å²) < 4.78 is 6.83. The third kappa shape index (κ3) is 4.05. The predicted molar refractivity (Wildman–Crippen MR) is 177 cm³/mol. The minimum atomic E-state index is 0.874. The molecular formula is C40H27NO. The van der Waals surface area contributed by atoms with Crippen LogP contribution >= 0.6 is 0 Å². The van der Waals surface area contributed by atoms with Gasteiger partial charge in [0.2, 0.25) is 0 Å². The lowest BCUT2D eigenvalue weighted by Crippen LogP contribution is -2.10. The van der Waals surface area contributed by atoms with Crippen LogP contribution in [0.25, 0.3) is 55.0 Å². The zero-order valence-electron chi connectivity index (χ0n) is 22.9. The summed E-state index contributed by atoms with van der Waals surface area (Å²) in [4.78, 5) is 2.29. The number of furan rings is 1. The molecule has 0 spiro atoms. The highest BCUT2D eigenvalue weighted by Crippen LogP contribution is 2.45. The van der Waals surface area contributed by atoms with Crippen molar-refractivity contribution in [1.29, 1.82) is 0 Å². The van der Waals surface area contributed by atoms with Crippen LogP contribution in [0, 0.1) is 0 Å². The highest BCUT2D eigenvalue weighted by Gasteiger charge is 2.21. The van der Waals surface area contributed by atoms with Gasteiger partial charge < -0.3 is 9.32 Å². The molecule has 0 radical (unpaired) electrons. The summed E-state index contributed by atoms with van der Waals surface area (Å²) >= 11 is 0. The van der Waals surface area contributed by atoms with Crippen LogP contribution in [0.2, 0.25) is 0 Å². The lowest BCUT2D eigenvalue weighted by atomic mass is 9.95. The van der Waals surface area contributed by atoms with Crippen LogP contribution in [0.5, 0.6) is 0 Å². The molecular weight excluding hydrogens is 510 g/mol. The summed E-state index contributed by atoms with van der Waals surface area (Å²) in [5.41, 5.74) is 9.67. The third-order valence-electron chi connectivity index (χ3n) is 8.06. The Kier molecular flexibility index (Phi) is 5.82. The monoisotopic (exact) mass is 537 g/mol. The van der Waals surface area contributed by atoms with Crippen molar-refractivity contribution in [2.75, 3.05) is 4.90 Å². The van der Waals surface area contributed by atoms with Crippen LogP contribution in [-0.4, -0.2) is 0 Å². The maximum Gasteiger partial charge on any atom is 0.159 e. The fourth-order valence-corrected chi connectivity index (χ4v) is 6.12. The Bertz CT molecular complexity index is 2160. The van der Waals surface area contributed by atoms with E-state index in [1.807, 2.05) is 0 Å². The van der Waals surface area contributed by atoms with Gasteiger partial charge >= 0.3 is 0 Å². The van der Waals surface area contributed by atoms with E-state index in [9.17, 15) is 0 Å². The summed E-state index contributed by atoms with van der Waals surface area (Å²) in [6.45, 7) is 0. The van der Waals surface area contributed by atoms with E-state index in [-0.39, 0.29) is 0 Å². The summed E-state index contributed by atoms with van der Waals surface area (Å²) in [6, 6.07) is 57.7. The van der Waals surface area contributed by atoms with Crippen LogP contribution in [0.1, 0.15) is 0 Å². The molecule has 7 aromatic carbocycles. The molecule has 8 aromatic rings. The van der Waals surface area contributed by atoms with Gasteiger partial charge in [-0.05, 0) is 69.4 Å².